The van der Waals surface area contributed by atoms with Crippen LogP contribution in [-0.2, 0) is 12.8 Å². The average Bonchev–Trinajstić information content (AvgIpc) is 2.75. The summed E-state index contributed by atoms with van der Waals surface area (Å²) in [4.78, 5) is 12.0. The van der Waals surface area contributed by atoms with E-state index in [1.807, 2.05) is 0 Å². The smallest absolute Gasteiger partial charge is 0.163 e. The number of fused-ring (bicyclic) bond motifs is 3. The molecule has 0 bridgehead atoms. The van der Waals surface area contributed by atoms with Gasteiger partial charge in [0.15, 0.2) is 5.78 Å². The van der Waals surface area contributed by atoms with Crippen molar-refractivity contribution in [2.75, 3.05) is 0 Å². The van der Waals surface area contributed by atoms with Gasteiger partial charge in [0.2, 0.25) is 0 Å². The molecule has 0 saturated heterocycles. The first kappa shape index (κ1) is 11.8. The lowest BCUT2D eigenvalue weighted by atomic mass is 9.97. The monoisotopic (exact) mass is 244 g/mol. The van der Waals surface area contributed by atoms with E-state index in [4.69, 9.17) is 4.74 Å². The average molecular weight is 244 g/mol. The van der Waals surface area contributed by atoms with E-state index in [0.717, 1.165) is 30.6 Å². The van der Waals surface area contributed by atoms with Crippen LogP contribution < -0.4 is 4.74 Å². The molecule has 2 heteroatoms. The standard InChI is InChI=1S/C16H20O2/c1-11-5-3-2-4-6-13-15(18-11)10-8-12-7-9-14(17)16(12)13/h8,10-11H,2-7,9H2,1H3. The SMILES string of the molecule is CC1CCCCCc2c(ccc3c2C(=O)CC3)O1. The maximum atomic E-state index is 12.0. The number of hydrogen-bond donors (Lipinski definition) is 0. The molecule has 0 spiro atoms. The van der Waals surface area contributed by atoms with E-state index in [0.29, 0.717) is 12.2 Å². The number of ether oxygens (including phenoxy) is 1. The van der Waals surface area contributed by atoms with Crippen molar-refractivity contribution in [2.24, 2.45) is 0 Å². The first-order chi connectivity index (χ1) is 8.75. The van der Waals surface area contributed by atoms with Crippen LogP contribution in [0.1, 0.15) is 60.5 Å². The van der Waals surface area contributed by atoms with Gasteiger partial charge in [-0.15, -0.1) is 0 Å². The molecule has 2 aliphatic rings. The summed E-state index contributed by atoms with van der Waals surface area (Å²) in [5.74, 6) is 1.27. The zero-order valence-electron chi connectivity index (χ0n) is 11.0. The van der Waals surface area contributed by atoms with Crippen LogP contribution in [0.2, 0.25) is 0 Å². The van der Waals surface area contributed by atoms with Crippen LogP contribution in [0.3, 0.4) is 0 Å². The number of carbonyl (C=O) groups is 1. The van der Waals surface area contributed by atoms with E-state index in [-0.39, 0.29) is 6.10 Å². The van der Waals surface area contributed by atoms with Crippen molar-refractivity contribution in [1.82, 2.24) is 0 Å². The zero-order valence-corrected chi connectivity index (χ0v) is 11.0. The molecule has 1 aliphatic heterocycles. The predicted octanol–water partition coefficient (Wildman–Crippen LogP) is 3.70. The highest BCUT2D eigenvalue weighted by atomic mass is 16.5. The zero-order chi connectivity index (χ0) is 12.5. The molecular formula is C16H20O2. The molecular weight excluding hydrogens is 224 g/mol. The van der Waals surface area contributed by atoms with Crippen molar-refractivity contribution in [2.45, 2.75) is 58.0 Å². The summed E-state index contributed by atoms with van der Waals surface area (Å²) in [6.07, 6.45) is 7.61. The molecule has 3 rings (SSSR count). The van der Waals surface area contributed by atoms with Crippen molar-refractivity contribution >= 4 is 5.78 Å². The van der Waals surface area contributed by atoms with Crippen LogP contribution in [0.25, 0.3) is 0 Å². The molecule has 1 aromatic carbocycles. The number of rotatable bonds is 0. The summed E-state index contributed by atoms with van der Waals surface area (Å²) in [5, 5.41) is 0. The minimum atomic E-state index is 0.261. The number of aryl methyl sites for hydroxylation is 1. The predicted molar refractivity (Wildman–Crippen MR) is 71.4 cm³/mol. The Morgan fingerprint density at radius 3 is 2.89 bits per heavy atom. The van der Waals surface area contributed by atoms with Crippen LogP contribution in [0.5, 0.6) is 5.75 Å². The van der Waals surface area contributed by atoms with Gasteiger partial charge in [-0.3, -0.25) is 4.79 Å². The fourth-order valence-corrected chi connectivity index (χ4v) is 3.15. The third kappa shape index (κ3) is 2.05. The maximum absolute atomic E-state index is 12.0. The highest BCUT2D eigenvalue weighted by Crippen LogP contribution is 2.34. The Kier molecular flexibility index (Phi) is 3.11. The van der Waals surface area contributed by atoms with Crippen molar-refractivity contribution in [1.29, 1.82) is 0 Å². The number of Topliss-reactive ketones (excluding diaryl/α,β-unsaturated/α-hetero) is 1. The lowest BCUT2D eigenvalue weighted by molar-refractivity contribution is 0.0993. The molecule has 1 unspecified atom stereocenters. The molecule has 0 fully saturated rings. The van der Waals surface area contributed by atoms with Crippen LogP contribution in [-0.4, -0.2) is 11.9 Å². The fraction of sp³-hybridized carbons (Fsp3) is 0.562. The topological polar surface area (TPSA) is 26.3 Å². The quantitative estimate of drug-likeness (QED) is 0.695. The van der Waals surface area contributed by atoms with Crippen LogP contribution in [0.4, 0.5) is 0 Å². The van der Waals surface area contributed by atoms with Crippen LogP contribution in [0, 0.1) is 0 Å². The first-order valence-electron chi connectivity index (χ1n) is 7.10. The van der Waals surface area contributed by atoms with Gasteiger partial charge >= 0.3 is 0 Å². The summed E-state index contributed by atoms with van der Waals surface area (Å²) in [6, 6.07) is 4.16. The van der Waals surface area contributed by atoms with Gasteiger partial charge in [-0.05, 0) is 50.7 Å². The van der Waals surface area contributed by atoms with Gasteiger partial charge in [-0.1, -0.05) is 12.5 Å². The minimum absolute atomic E-state index is 0.261. The Bertz CT molecular complexity index is 476. The van der Waals surface area contributed by atoms with Gasteiger partial charge < -0.3 is 4.74 Å². The van der Waals surface area contributed by atoms with Gasteiger partial charge in [0, 0.05) is 17.5 Å². The highest BCUT2D eigenvalue weighted by molar-refractivity contribution is 6.02. The molecule has 1 atom stereocenters. The summed E-state index contributed by atoms with van der Waals surface area (Å²) in [5.41, 5.74) is 3.40. The Hall–Kier alpha value is -1.31. The second-order valence-electron chi connectivity index (χ2n) is 5.53. The number of benzene rings is 1. The van der Waals surface area contributed by atoms with Crippen LogP contribution >= 0.6 is 0 Å². The fourth-order valence-electron chi connectivity index (χ4n) is 3.15. The molecule has 0 N–H and O–H groups in total. The summed E-state index contributed by atoms with van der Waals surface area (Å²) >= 11 is 0. The second-order valence-corrected chi connectivity index (χ2v) is 5.53. The van der Waals surface area contributed by atoms with Crippen molar-refractivity contribution < 1.29 is 9.53 Å². The molecule has 0 amide bonds. The van der Waals surface area contributed by atoms with Crippen LogP contribution in [0.15, 0.2) is 12.1 Å². The molecule has 96 valence electrons. The third-order valence-corrected chi connectivity index (χ3v) is 4.12. The number of ketones is 1. The summed E-state index contributed by atoms with van der Waals surface area (Å²) < 4.78 is 6.04. The highest BCUT2D eigenvalue weighted by Gasteiger charge is 2.26. The number of hydrogen-bond acceptors (Lipinski definition) is 2. The number of carbonyl (C=O) groups excluding carboxylic acids is 1. The molecule has 1 aliphatic carbocycles. The lowest BCUT2D eigenvalue weighted by Crippen LogP contribution is -2.13. The van der Waals surface area contributed by atoms with Gasteiger partial charge in [0.1, 0.15) is 5.75 Å². The van der Waals surface area contributed by atoms with Crippen molar-refractivity contribution in [3.63, 3.8) is 0 Å². The summed E-state index contributed by atoms with van der Waals surface area (Å²) in [7, 11) is 0. The third-order valence-electron chi connectivity index (χ3n) is 4.12. The Balaban J connectivity index is 2.05. The minimum Gasteiger partial charge on any atom is -0.490 e. The van der Waals surface area contributed by atoms with Gasteiger partial charge in [0.25, 0.3) is 0 Å². The second kappa shape index (κ2) is 4.75. The molecule has 0 radical (unpaired) electrons. The summed E-state index contributed by atoms with van der Waals surface area (Å²) in [6.45, 7) is 2.13. The van der Waals surface area contributed by atoms with E-state index >= 15 is 0 Å². The first-order valence-corrected chi connectivity index (χ1v) is 7.10. The molecule has 1 aromatic rings. The van der Waals surface area contributed by atoms with Gasteiger partial charge in [-0.2, -0.15) is 0 Å². The molecule has 0 aromatic heterocycles. The normalized spacial score (nSPS) is 23.4. The molecule has 2 nitrogen and oxygen atoms in total. The largest absolute Gasteiger partial charge is 0.490 e. The van der Waals surface area contributed by atoms with Crippen molar-refractivity contribution in [3.05, 3.63) is 28.8 Å². The Morgan fingerprint density at radius 2 is 2.00 bits per heavy atom. The molecule has 1 heterocycles. The van der Waals surface area contributed by atoms with E-state index < -0.39 is 0 Å². The Labute approximate surface area is 108 Å². The van der Waals surface area contributed by atoms with Gasteiger partial charge in [0.05, 0.1) is 6.10 Å². The maximum Gasteiger partial charge on any atom is 0.163 e. The molecule has 18 heavy (non-hydrogen) atoms. The molecule has 0 saturated carbocycles. The lowest BCUT2D eigenvalue weighted by Gasteiger charge is -2.17. The van der Waals surface area contributed by atoms with Gasteiger partial charge in [-0.25, -0.2) is 0 Å². The van der Waals surface area contributed by atoms with Crippen molar-refractivity contribution in [3.8, 4) is 5.75 Å². The Morgan fingerprint density at radius 1 is 1.11 bits per heavy atom. The van der Waals surface area contributed by atoms with E-state index in [1.54, 1.807) is 0 Å². The van der Waals surface area contributed by atoms with E-state index in [9.17, 15) is 4.79 Å². The van der Waals surface area contributed by atoms with E-state index in [2.05, 4.69) is 19.1 Å². The van der Waals surface area contributed by atoms with E-state index in [1.165, 1.54) is 30.4 Å².